The molecule has 0 N–H and O–H groups in total. The van der Waals surface area contributed by atoms with Crippen molar-refractivity contribution in [2.24, 2.45) is 0 Å². The van der Waals surface area contributed by atoms with Gasteiger partial charge in [0.2, 0.25) is 0 Å². The van der Waals surface area contributed by atoms with Gasteiger partial charge >= 0.3 is 0 Å². The van der Waals surface area contributed by atoms with E-state index in [0.717, 1.165) is 25.3 Å². The first-order chi connectivity index (χ1) is 9.57. The Morgan fingerprint density at radius 1 is 1.20 bits per heavy atom. The Balaban J connectivity index is 1.88. The Bertz CT molecular complexity index is 664. The SMILES string of the molecule is Cc1cc(N2CCC(C)(c3ccccc3)C2)cc(=S)o1. The number of rotatable bonds is 2. The number of nitrogens with zero attached hydrogens (tertiary/aromatic N) is 1. The highest BCUT2D eigenvalue weighted by Gasteiger charge is 2.35. The summed E-state index contributed by atoms with van der Waals surface area (Å²) in [6, 6.07) is 14.8. The number of benzene rings is 1. The molecule has 1 saturated heterocycles. The molecule has 2 heterocycles. The summed E-state index contributed by atoms with van der Waals surface area (Å²) >= 11 is 5.18. The number of aryl methyl sites for hydroxylation is 1. The molecule has 0 saturated carbocycles. The van der Waals surface area contributed by atoms with Crippen LogP contribution in [0.4, 0.5) is 5.69 Å². The summed E-state index contributed by atoms with van der Waals surface area (Å²) in [7, 11) is 0. The highest BCUT2D eigenvalue weighted by Crippen LogP contribution is 2.36. The summed E-state index contributed by atoms with van der Waals surface area (Å²) in [5.41, 5.74) is 2.81. The Morgan fingerprint density at radius 2 is 1.95 bits per heavy atom. The lowest BCUT2D eigenvalue weighted by atomic mass is 9.82. The molecule has 2 aromatic rings. The molecule has 3 heteroatoms. The van der Waals surface area contributed by atoms with Gasteiger partial charge < -0.3 is 9.32 Å². The zero-order valence-corrected chi connectivity index (χ0v) is 12.7. The summed E-state index contributed by atoms with van der Waals surface area (Å²) < 4.78 is 5.97. The topological polar surface area (TPSA) is 16.4 Å². The molecule has 1 aromatic heterocycles. The van der Waals surface area contributed by atoms with E-state index in [1.54, 1.807) is 0 Å². The van der Waals surface area contributed by atoms with Crippen molar-refractivity contribution in [1.82, 2.24) is 0 Å². The van der Waals surface area contributed by atoms with Crippen LogP contribution >= 0.6 is 12.2 Å². The summed E-state index contributed by atoms with van der Waals surface area (Å²) in [5, 5.41) is 0. The van der Waals surface area contributed by atoms with Crippen LogP contribution in [-0.2, 0) is 5.41 Å². The monoisotopic (exact) mass is 285 g/mol. The molecule has 1 fully saturated rings. The molecule has 1 aliphatic heterocycles. The zero-order chi connectivity index (χ0) is 14.2. The van der Waals surface area contributed by atoms with Crippen LogP contribution in [0.1, 0.15) is 24.7 Å². The van der Waals surface area contributed by atoms with Crippen LogP contribution in [0.5, 0.6) is 0 Å². The fraction of sp³-hybridized carbons (Fsp3) is 0.353. The van der Waals surface area contributed by atoms with Crippen LogP contribution in [0, 0.1) is 11.6 Å². The molecule has 2 nitrogen and oxygen atoms in total. The first kappa shape index (κ1) is 13.4. The summed E-state index contributed by atoms with van der Waals surface area (Å²) in [6.45, 7) is 6.38. The molecule has 3 rings (SSSR count). The van der Waals surface area contributed by atoms with Gasteiger partial charge in [-0.3, -0.25) is 0 Å². The third kappa shape index (κ3) is 2.50. The molecule has 0 spiro atoms. The predicted octanol–water partition coefficient (Wildman–Crippen LogP) is 4.49. The van der Waals surface area contributed by atoms with E-state index >= 15 is 0 Å². The molecule has 0 bridgehead atoms. The van der Waals surface area contributed by atoms with Crippen LogP contribution < -0.4 is 4.90 Å². The van der Waals surface area contributed by atoms with Crippen molar-refractivity contribution in [3.05, 3.63) is 58.5 Å². The molecule has 1 aliphatic rings. The van der Waals surface area contributed by atoms with Crippen LogP contribution in [0.3, 0.4) is 0 Å². The largest absolute Gasteiger partial charge is 0.450 e. The van der Waals surface area contributed by atoms with Gasteiger partial charge in [-0.2, -0.15) is 0 Å². The minimum atomic E-state index is 0.212. The van der Waals surface area contributed by atoms with Gasteiger partial charge in [0.05, 0.1) is 0 Å². The minimum Gasteiger partial charge on any atom is -0.450 e. The Hall–Kier alpha value is -1.61. The quantitative estimate of drug-likeness (QED) is 0.757. The molecular formula is C17H19NOS. The standard InChI is InChI=1S/C17H19NOS/c1-13-10-15(11-16(20)19-13)18-9-8-17(2,12-18)14-6-4-3-5-7-14/h3-7,10-11H,8-9,12H2,1-2H3. The zero-order valence-electron chi connectivity index (χ0n) is 11.9. The molecule has 1 atom stereocenters. The first-order valence-electron chi connectivity index (χ1n) is 6.99. The van der Waals surface area contributed by atoms with Crippen LogP contribution in [0.25, 0.3) is 0 Å². The van der Waals surface area contributed by atoms with E-state index in [-0.39, 0.29) is 5.41 Å². The van der Waals surface area contributed by atoms with E-state index in [9.17, 15) is 0 Å². The van der Waals surface area contributed by atoms with Gasteiger partial charge in [-0.15, -0.1) is 0 Å². The van der Waals surface area contributed by atoms with Gasteiger partial charge in [0.25, 0.3) is 0 Å². The Labute approximate surface area is 125 Å². The van der Waals surface area contributed by atoms with Crippen molar-refractivity contribution in [3.8, 4) is 0 Å². The van der Waals surface area contributed by atoms with E-state index in [4.69, 9.17) is 16.6 Å². The molecule has 0 aliphatic carbocycles. The second kappa shape index (κ2) is 5.06. The van der Waals surface area contributed by atoms with Crippen molar-refractivity contribution >= 4 is 17.9 Å². The third-order valence-corrected chi connectivity index (χ3v) is 4.39. The minimum absolute atomic E-state index is 0.212. The van der Waals surface area contributed by atoms with Gasteiger partial charge in [-0.05, 0) is 37.2 Å². The second-order valence-corrected chi connectivity index (χ2v) is 6.25. The molecule has 0 radical (unpaired) electrons. The van der Waals surface area contributed by atoms with Gasteiger partial charge in [-0.25, -0.2) is 0 Å². The maximum absolute atomic E-state index is 5.40. The average Bonchev–Trinajstić information content (AvgIpc) is 2.83. The van der Waals surface area contributed by atoms with Gasteiger partial charge in [0.15, 0.2) is 4.71 Å². The molecule has 20 heavy (non-hydrogen) atoms. The number of hydrogen-bond acceptors (Lipinski definition) is 3. The smallest absolute Gasteiger partial charge is 0.192 e. The van der Waals surface area contributed by atoms with Crippen molar-refractivity contribution in [2.45, 2.75) is 25.7 Å². The van der Waals surface area contributed by atoms with E-state index in [0.29, 0.717) is 4.71 Å². The fourth-order valence-electron chi connectivity index (χ4n) is 3.03. The molecule has 0 amide bonds. The molecular weight excluding hydrogens is 266 g/mol. The second-order valence-electron chi connectivity index (χ2n) is 5.84. The Kier molecular flexibility index (Phi) is 3.38. The lowest BCUT2D eigenvalue weighted by Gasteiger charge is -2.26. The van der Waals surface area contributed by atoms with Crippen LogP contribution in [0.15, 0.2) is 46.9 Å². The Morgan fingerprint density at radius 3 is 2.65 bits per heavy atom. The van der Waals surface area contributed by atoms with E-state index in [1.165, 1.54) is 11.3 Å². The lowest BCUT2D eigenvalue weighted by molar-refractivity contribution is 0.500. The van der Waals surface area contributed by atoms with Gasteiger partial charge in [0.1, 0.15) is 5.76 Å². The summed E-state index contributed by atoms with van der Waals surface area (Å²) in [6.07, 6.45) is 1.16. The van der Waals surface area contributed by atoms with E-state index in [2.05, 4.69) is 48.2 Å². The highest BCUT2D eigenvalue weighted by atomic mass is 32.1. The molecule has 1 aromatic carbocycles. The maximum Gasteiger partial charge on any atom is 0.192 e. The molecule has 104 valence electrons. The normalized spacial score (nSPS) is 22.2. The number of hydrogen-bond donors (Lipinski definition) is 0. The highest BCUT2D eigenvalue weighted by molar-refractivity contribution is 7.71. The lowest BCUT2D eigenvalue weighted by Crippen LogP contribution is -2.28. The van der Waals surface area contributed by atoms with E-state index < -0.39 is 0 Å². The fourth-order valence-corrected chi connectivity index (χ4v) is 3.28. The predicted molar refractivity (Wildman–Crippen MR) is 84.9 cm³/mol. The van der Waals surface area contributed by atoms with Crippen LogP contribution in [0.2, 0.25) is 0 Å². The van der Waals surface area contributed by atoms with Crippen LogP contribution in [-0.4, -0.2) is 13.1 Å². The van der Waals surface area contributed by atoms with Crippen molar-refractivity contribution in [2.75, 3.05) is 18.0 Å². The summed E-state index contributed by atoms with van der Waals surface area (Å²) in [5.74, 6) is 0.876. The van der Waals surface area contributed by atoms with Gasteiger partial charge in [-0.1, -0.05) is 37.3 Å². The van der Waals surface area contributed by atoms with Gasteiger partial charge in [0, 0.05) is 30.3 Å². The van der Waals surface area contributed by atoms with E-state index in [1.807, 2.05) is 13.0 Å². The number of anilines is 1. The third-order valence-electron chi connectivity index (χ3n) is 4.19. The van der Waals surface area contributed by atoms with Crippen molar-refractivity contribution < 1.29 is 4.42 Å². The van der Waals surface area contributed by atoms with Crippen molar-refractivity contribution in [3.63, 3.8) is 0 Å². The first-order valence-corrected chi connectivity index (χ1v) is 7.40. The maximum atomic E-state index is 5.40. The molecule has 1 unspecified atom stereocenters. The average molecular weight is 285 g/mol. The summed E-state index contributed by atoms with van der Waals surface area (Å²) in [4.78, 5) is 2.41. The van der Waals surface area contributed by atoms with Crippen molar-refractivity contribution in [1.29, 1.82) is 0 Å².